The Bertz CT molecular complexity index is 1200. The van der Waals surface area contributed by atoms with Crippen molar-refractivity contribution in [1.29, 1.82) is 0 Å². The lowest BCUT2D eigenvalue weighted by Gasteiger charge is -2.07. The zero-order valence-corrected chi connectivity index (χ0v) is 15.7. The number of thiazole rings is 1. The number of fused-ring (bicyclic) bond motifs is 1. The van der Waals surface area contributed by atoms with Gasteiger partial charge in [0.2, 0.25) is 9.84 Å². The number of aromatic nitrogens is 1. The van der Waals surface area contributed by atoms with Gasteiger partial charge in [-0.15, -0.1) is 11.3 Å². The number of nitrogens with zero attached hydrogens (tertiary/aromatic N) is 1. The van der Waals surface area contributed by atoms with Crippen LogP contribution in [0.3, 0.4) is 0 Å². The van der Waals surface area contributed by atoms with E-state index in [4.69, 9.17) is 0 Å². The zero-order valence-electron chi connectivity index (χ0n) is 14.0. The molecule has 0 aliphatic carbocycles. The van der Waals surface area contributed by atoms with Crippen molar-refractivity contribution < 1.29 is 12.8 Å². The normalized spacial score (nSPS) is 12.4. The maximum absolute atomic E-state index is 13.3. The van der Waals surface area contributed by atoms with Gasteiger partial charge in [-0.2, -0.15) is 0 Å². The van der Waals surface area contributed by atoms with E-state index in [1.54, 1.807) is 48.5 Å². The Morgan fingerprint density at radius 3 is 2.26 bits per heavy atom. The Hall–Kier alpha value is -2.83. The predicted molar refractivity (Wildman–Crippen MR) is 108 cm³/mol. The molecule has 0 fully saturated rings. The molecule has 0 radical (unpaired) electrons. The van der Waals surface area contributed by atoms with Crippen LogP contribution in [-0.4, -0.2) is 13.4 Å². The van der Waals surface area contributed by atoms with Gasteiger partial charge in [0, 0.05) is 0 Å². The first kappa shape index (κ1) is 17.6. The molecule has 134 valence electrons. The Balaban J connectivity index is 1.93. The summed E-state index contributed by atoms with van der Waals surface area (Å²) < 4.78 is 40.8. The number of sulfone groups is 1. The van der Waals surface area contributed by atoms with Crippen molar-refractivity contribution in [3.8, 4) is 0 Å². The lowest BCUT2D eigenvalue weighted by Crippen LogP contribution is -2.04. The Kier molecular flexibility index (Phi) is 4.59. The smallest absolute Gasteiger partial charge is 0.209 e. The minimum atomic E-state index is -3.79. The third-order valence-corrected chi connectivity index (χ3v) is 7.00. The second-order valence-corrected chi connectivity index (χ2v) is 8.81. The molecule has 0 bridgehead atoms. The number of benzene rings is 3. The molecule has 27 heavy (non-hydrogen) atoms. The Morgan fingerprint density at radius 2 is 1.56 bits per heavy atom. The van der Waals surface area contributed by atoms with E-state index in [9.17, 15) is 12.8 Å². The lowest BCUT2D eigenvalue weighted by molar-refractivity contribution is 0.606. The van der Waals surface area contributed by atoms with Gasteiger partial charge in [-0.25, -0.2) is 17.8 Å². The summed E-state index contributed by atoms with van der Waals surface area (Å²) in [4.78, 5) is 4.81. The van der Waals surface area contributed by atoms with Crippen molar-refractivity contribution in [2.45, 2.75) is 4.90 Å². The first-order chi connectivity index (χ1) is 13.0. The van der Waals surface area contributed by atoms with E-state index in [0.29, 0.717) is 10.6 Å². The van der Waals surface area contributed by atoms with Gasteiger partial charge in [0.15, 0.2) is 0 Å². The number of halogens is 1. The maximum atomic E-state index is 13.3. The fraction of sp³-hybridized carbons (Fsp3) is 0. The predicted octanol–water partition coefficient (Wildman–Crippen LogP) is 5.41. The summed E-state index contributed by atoms with van der Waals surface area (Å²) in [6.07, 6.45) is 1.54. The largest absolute Gasteiger partial charge is 0.235 e. The van der Waals surface area contributed by atoms with E-state index in [2.05, 4.69) is 4.98 Å². The van der Waals surface area contributed by atoms with Gasteiger partial charge >= 0.3 is 0 Å². The minimum Gasteiger partial charge on any atom is -0.235 e. The summed E-state index contributed by atoms with van der Waals surface area (Å²) in [6.45, 7) is 0. The molecule has 0 saturated carbocycles. The monoisotopic (exact) mass is 395 g/mol. The van der Waals surface area contributed by atoms with Crippen LogP contribution in [-0.2, 0) is 9.84 Å². The molecule has 3 aromatic carbocycles. The van der Waals surface area contributed by atoms with Crippen LogP contribution in [0.2, 0.25) is 0 Å². The van der Waals surface area contributed by atoms with Gasteiger partial charge in [0.05, 0.1) is 15.1 Å². The highest BCUT2D eigenvalue weighted by molar-refractivity contribution is 8.01. The Morgan fingerprint density at radius 1 is 0.889 bits per heavy atom. The molecule has 0 aliphatic rings. The van der Waals surface area contributed by atoms with Gasteiger partial charge in [0.1, 0.15) is 15.7 Å². The number of rotatable bonds is 4. The molecular formula is C21H14FNO2S2. The highest BCUT2D eigenvalue weighted by Gasteiger charge is 2.25. The van der Waals surface area contributed by atoms with Crippen LogP contribution in [0.25, 0.3) is 21.2 Å². The van der Waals surface area contributed by atoms with Gasteiger partial charge in [-0.1, -0.05) is 42.5 Å². The van der Waals surface area contributed by atoms with Crippen LogP contribution in [0.15, 0.2) is 83.8 Å². The van der Waals surface area contributed by atoms with Gasteiger partial charge in [0.25, 0.3) is 0 Å². The minimum absolute atomic E-state index is 0.0986. The van der Waals surface area contributed by atoms with Crippen molar-refractivity contribution in [2.75, 3.05) is 0 Å². The summed E-state index contributed by atoms with van der Waals surface area (Å²) in [5.74, 6) is -0.375. The molecule has 0 unspecified atom stereocenters. The fourth-order valence-electron chi connectivity index (χ4n) is 2.67. The molecule has 0 spiro atoms. The highest BCUT2D eigenvalue weighted by atomic mass is 32.2. The van der Waals surface area contributed by atoms with E-state index < -0.39 is 9.84 Å². The van der Waals surface area contributed by atoms with E-state index in [0.717, 1.165) is 10.2 Å². The van der Waals surface area contributed by atoms with Crippen LogP contribution in [0.4, 0.5) is 4.39 Å². The third kappa shape index (κ3) is 3.54. The van der Waals surface area contributed by atoms with E-state index in [1.807, 2.05) is 24.3 Å². The zero-order chi connectivity index (χ0) is 18.9. The topological polar surface area (TPSA) is 47.0 Å². The van der Waals surface area contributed by atoms with Crippen LogP contribution in [0.1, 0.15) is 10.6 Å². The Labute approximate surface area is 160 Å². The van der Waals surface area contributed by atoms with Crippen molar-refractivity contribution in [2.24, 2.45) is 0 Å². The third-order valence-electron chi connectivity index (χ3n) is 4.02. The molecule has 6 heteroatoms. The van der Waals surface area contributed by atoms with E-state index in [-0.39, 0.29) is 15.6 Å². The molecule has 4 aromatic rings. The van der Waals surface area contributed by atoms with Crippen molar-refractivity contribution in [1.82, 2.24) is 4.98 Å². The molecule has 0 atom stereocenters. The molecule has 0 saturated heterocycles. The molecule has 0 N–H and O–H groups in total. The second kappa shape index (κ2) is 7.06. The second-order valence-electron chi connectivity index (χ2n) is 5.86. The summed E-state index contributed by atoms with van der Waals surface area (Å²) in [5.41, 5.74) is 1.33. The summed E-state index contributed by atoms with van der Waals surface area (Å²) in [5, 5.41) is 0.407. The molecule has 0 amide bonds. The molecule has 1 heterocycles. The first-order valence-corrected chi connectivity index (χ1v) is 10.5. The average Bonchev–Trinajstić information content (AvgIpc) is 3.11. The summed E-state index contributed by atoms with van der Waals surface area (Å²) >= 11 is 1.32. The van der Waals surface area contributed by atoms with Gasteiger partial charge in [-0.05, 0) is 48.0 Å². The first-order valence-electron chi connectivity index (χ1n) is 8.17. The molecule has 4 rings (SSSR count). The molecular weight excluding hydrogens is 381 g/mol. The van der Waals surface area contributed by atoms with Crippen LogP contribution in [0, 0.1) is 5.82 Å². The van der Waals surface area contributed by atoms with Crippen LogP contribution < -0.4 is 0 Å². The van der Waals surface area contributed by atoms with Crippen molar-refractivity contribution in [3.05, 3.63) is 95.3 Å². The maximum Gasteiger partial charge on any atom is 0.209 e. The van der Waals surface area contributed by atoms with Crippen LogP contribution in [0.5, 0.6) is 0 Å². The van der Waals surface area contributed by atoms with E-state index in [1.165, 1.54) is 23.5 Å². The quantitative estimate of drug-likeness (QED) is 0.464. The lowest BCUT2D eigenvalue weighted by atomic mass is 10.2. The molecule has 1 aromatic heterocycles. The summed E-state index contributed by atoms with van der Waals surface area (Å²) in [7, 11) is -3.79. The standard InChI is InChI=1S/C21H14FNO2S2/c22-16-12-10-15(11-13-16)14-20(27(24,25)17-6-2-1-3-7-17)21-23-18-8-4-5-9-19(18)26-21/h1-14H/b20-14+. The van der Waals surface area contributed by atoms with Crippen molar-refractivity contribution in [3.63, 3.8) is 0 Å². The van der Waals surface area contributed by atoms with Crippen molar-refractivity contribution >= 4 is 42.4 Å². The summed E-state index contributed by atoms with van der Waals surface area (Å²) in [6, 6.07) is 21.4. The fourth-order valence-corrected chi connectivity index (χ4v) is 5.34. The number of para-hydroxylation sites is 1. The average molecular weight is 395 g/mol. The number of hydrogen-bond donors (Lipinski definition) is 0. The van der Waals surface area contributed by atoms with Gasteiger partial charge in [-0.3, -0.25) is 0 Å². The van der Waals surface area contributed by atoms with Crippen LogP contribution >= 0.6 is 11.3 Å². The molecule has 0 aliphatic heterocycles. The number of hydrogen-bond acceptors (Lipinski definition) is 4. The SMILES string of the molecule is O=S(=O)(/C(=C/c1ccc(F)cc1)c1nc2ccccc2s1)c1ccccc1. The van der Waals surface area contributed by atoms with E-state index >= 15 is 0 Å². The van der Waals surface area contributed by atoms with Gasteiger partial charge < -0.3 is 0 Å². The molecule has 3 nitrogen and oxygen atoms in total. The highest BCUT2D eigenvalue weighted by Crippen LogP contribution is 2.34.